The number of imidazole rings is 1. The second kappa shape index (κ2) is 5.14. The minimum Gasteiger partial charge on any atom is -0.331 e. The van der Waals surface area contributed by atoms with E-state index in [9.17, 15) is 0 Å². The van der Waals surface area contributed by atoms with E-state index in [1.165, 1.54) is 0 Å². The molecule has 22 heavy (non-hydrogen) atoms. The van der Waals surface area contributed by atoms with E-state index in [0.717, 1.165) is 35.5 Å². The van der Waals surface area contributed by atoms with Gasteiger partial charge in [0.15, 0.2) is 5.65 Å². The second-order valence-electron chi connectivity index (χ2n) is 5.13. The van der Waals surface area contributed by atoms with Gasteiger partial charge in [0.05, 0.1) is 17.2 Å². The Morgan fingerprint density at radius 3 is 2.68 bits per heavy atom. The summed E-state index contributed by atoms with van der Waals surface area (Å²) in [6.45, 7) is 0. The van der Waals surface area contributed by atoms with Gasteiger partial charge in [-0.05, 0) is 12.1 Å². The van der Waals surface area contributed by atoms with Crippen LogP contribution in [-0.2, 0) is 19.9 Å². The van der Waals surface area contributed by atoms with E-state index in [4.69, 9.17) is 0 Å². The maximum absolute atomic E-state index is 4.67. The number of para-hydroxylation sites is 2. The van der Waals surface area contributed by atoms with E-state index < -0.39 is 0 Å². The molecular weight excluding hydrogens is 276 g/mol. The number of aryl methyl sites for hydroxylation is 3. The molecule has 0 fully saturated rings. The van der Waals surface area contributed by atoms with Crippen LogP contribution in [0.1, 0.15) is 11.6 Å². The van der Waals surface area contributed by atoms with Crippen LogP contribution in [0.25, 0.3) is 22.2 Å². The Morgan fingerprint density at radius 2 is 1.77 bits per heavy atom. The highest BCUT2D eigenvalue weighted by atomic mass is 15.1. The summed E-state index contributed by atoms with van der Waals surface area (Å²) >= 11 is 0. The Labute approximate surface area is 126 Å². The molecule has 0 N–H and O–H groups in total. The lowest BCUT2D eigenvalue weighted by molar-refractivity contribution is 0.761. The van der Waals surface area contributed by atoms with Crippen LogP contribution in [0.5, 0.6) is 0 Å². The summed E-state index contributed by atoms with van der Waals surface area (Å²) in [6.07, 6.45) is 6.52. The number of aromatic nitrogens is 6. The van der Waals surface area contributed by atoms with Gasteiger partial charge in [0.2, 0.25) is 0 Å². The van der Waals surface area contributed by atoms with Crippen molar-refractivity contribution in [3.05, 3.63) is 54.5 Å². The third-order valence-corrected chi connectivity index (χ3v) is 3.73. The number of hydrogen-bond donors (Lipinski definition) is 0. The zero-order valence-electron chi connectivity index (χ0n) is 12.1. The van der Waals surface area contributed by atoms with Gasteiger partial charge in [-0.1, -0.05) is 12.1 Å². The van der Waals surface area contributed by atoms with Crippen LogP contribution in [0.3, 0.4) is 0 Å². The summed E-state index contributed by atoms with van der Waals surface area (Å²) < 4.78 is 2.12. The van der Waals surface area contributed by atoms with Crippen molar-refractivity contribution >= 4 is 22.2 Å². The first kappa shape index (κ1) is 12.8. The molecule has 6 nitrogen and oxygen atoms in total. The normalized spacial score (nSPS) is 11.3. The zero-order chi connectivity index (χ0) is 14.9. The maximum atomic E-state index is 4.67. The Morgan fingerprint density at radius 1 is 0.909 bits per heavy atom. The van der Waals surface area contributed by atoms with Crippen LogP contribution in [0.2, 0.25) is 0 Å². The first-order chi connectivity index (χ1) is 10.8. The lowest BCUT2D eigenvalue weighted by Crippen LogP contribution is -2.04. The molecule has 4 rings (SSSR count). The van der Waals surface area contributed by atoms with Crippen molar-refractivity contribution in [1.29, 1.82) is 0 Å². The van der Waals surface area contributed by atoms with E-state index in [0.29, 0.717) is 11.2 Å². The van der Waals surface area contributed by atoms with Crippen molar-refractivity contribution in [2.75, 3.05) is 0 Å². The monoisotopic (exact) mass is 290 g/mol. The maximum Gasteiger partial charge on any atom is 0.181 e. The number of hydrogen-bond acceptors (Lipinski definition) is 5. The molecule has 0 atom stereocenters. The van der Waals surface area contributed by atoms with Crippen molar-refractivity contribution in [1.82, 2.24) is 29.5 Å². The van der Waals surface area contributed by atoms with Gasteiger partial charge in [-0.3, -0.25) is 0 Å². The Balaban J connectivity index is 1.61. The molecule has 0 saturated carbocycles. The third kappa shape index (κ3) is 2.18. The van der Waals surface area contributed by atoms with Gasteiger partial charge in [0.1, 0.15) is 17.2 Å². The molecule has 0 bridgehead atoms. The van der Waals surface area contributed by atoms with Gasteiger partial charge in [0.25, 0.3) is 0 Å². The molecule has 0 spiro atoms. The van der Waals surface area contributed by atoms with Crippen molar-refractivity contribution < 1.29 is 0 Å². The number of fused-ring (bicyclic) bond motifs is 2. The lowest BCUT2D eigenvalue weighted by atomic mass is 10.3. The number of nitrogens with zero attached hydrogens (tertiary/aromatic N) is 6. The highest BCUT2D eigenvalue weighted by molar-refractivity contribution is 5.75. The van der Waals surface area contributed by atoms with Crippen molar-refractivity contribution in [2.24, 2.45) is 7.05 Å². The average Bonchev–Trinajstić information content (AvgIpc) is 2.89. The highest BCUT2D eigenvalue weighted by Crippen LogP contribution is 2.15. The SMILES string of the molecule is Cn1c(CCc2ncc3nccnc3n2)nc2ccccc21. The third-order valence-electron chi connectivity index (χ3n) is 3.73. The van der Waals surface area contributed by atoms with Crippen LogP contribution in [0.15, 0.2) is 42.9 Å². The van der Waals surface area contributed by atoms with Gasteiger partial charge in [-0.2, -0.15) is 0 Å². The van der Waals surface area contributed by atoms with E-state index in [2.05, 4.69) is 35.6 Å². The quantitative estimate of drug-likeness (QED) is 0.578. The molecule has 3 aromatic heterocycles. The van der Waals surface area contributed by atoms with Crippen LogP contribution in [0.4, 0.5) is 0 Å². The van der Waals surface area contributed by atoms with Crippen molar-refractivity contribution in [3.63, 3.8) is 0 Å². The van der Waals surface area contributed by atoms with Gasteiger partial charge in [0, 0.05) is 32.3 Å². The summed E-state index contributed by atoms with van der Waals surface area (Å²) in [7, 11) is 2.04. The largest absolute Gasteiger partial charge is 0.331 e. The standard InChI is InChI=1S/C16H14N6/c1-22-13-5-3-2-4-11(13)20-15(22)7-6-14-19-10-12-16(21-14)18-9-8-17-12/h2-5,8-10H,6-7H2,1H3. The van der Waals surface area contributed by atoms with Crippen LogP contribution in [0, 0.1) is 0 Å². The van der Waals surface area contributed by atoms with Crippen molar-refractivity contribution in [2.45, 2.75) is 12.8 Å². The fraction of sp³-hybridized carbons (Fsp3) is 0.188. The summed E-state index contributed by atoms with van der Waals surface area (Å²) in [5, 5.41) is 0. The first-order valence-corrected chi connectivity index (χ1v) is 7.14. The summed E-state index contributed by atoms with van der Waals surface area (Å²) in [4.78, 5) is 21.9. The molecule has 1 aromatic carbocycles. The zero-order valence-corrected chi connectivity index (χ0v) is 12.1. The van der Waals surface area contributed by atoms with Gasteiger partial charge < -0.3 is 4.57 Å². The highest BCUT2D eigenvalue weighted by Gasteiger charge is 2.08. The molecule has 0 aliphatic carbocycles. The van der Waals surface area contributed by atoms with Crippen molar-refractivity contribution in [3.8, 4) is 0 Å². The van der Waals surface area contributed by atoms with Gasteiger partial charge >= 0.3 is 0 Å². The van der Waals surface area contributed by atoms with Crippen LogP contribution in [-0.4, -0.2) is 29.5 Å². The Hall–Kier alpha value is -2.89. The summed E-state index contributed by atoms with van der Waals surface area (Å²) in [6, 6.07) is 8.14. The second-order valence-corrected chi connectivity index (χ2v) is 5.13. The molecule has 0 radical (unpaired) electrons. The fourth-order valence-electron chi connectivity index (χ4n) is 2.57. The Bertz CT molecular complexity index is 959. The topological polar surface area (TPSA) is 69.4 Å². The number of benzene rings is 1. The average molecular weight is 290 g/mol. The van der Waals surface area contributed by atoms with Crippen LogP contribution >= 0.6 is 0 Å². The smallest absolute Gasteiger partial charge is 0.181 e. The molecule has 0 amide bonds. The molecule has 0 aliphatic rings. The molecule has 3 heterocycles. The predicted molar refractivity (Wildman–Crippen MR) is 83.3 cm³/mol. The Kier molecular flexibility index (Phi) is 3.00. The lowest BCUT2D eigenvalue weighted by Gasteiger charge is -2.02. The predicted octanol–water partition coefficient (Wildman–Crippen LogP) is 2.09. The van der Waals surface area contributed by atoms with E-state index >= 15 is 0 Å². The molecule has 0 saturated heterocycles. The summed E-state index contributed by atoms with van der Waals surface area (Å²) in [5.41, 5.74) is 3.51. The molecule has 108 valence electrons. The first-order valence-electron chi connectivity index (χ1n) is 7.14. The molecular formula is C16H14N6. The van der Waals surface area contributed by atoms with Gasteiger partial charge in [-0.25, -0.2) is 24.9 Å². The molecule has 0 unspecified atom stereocenters. The van der Waals surface area contributed by atoms with E-state index in [1.807, 2.05) is 25.2 Å². The fourth-order valence-corrected chi connectivity index (χ4v) is 2.57. The molecule has 4 aromatic rings. The van der Waals surface area contributed by atoms with E-state index in [-0.39, 0.29) is 0 Å². The minimum atomic E-state index is 0.637. The minimum absolute atomic E-state index is 0.637. The molecule has 6 heteroatoms. The summed E-state index contributed by atoms with van der Waals surface area (Å²) in [5.74, 6) is 1.80. The number of rotatable bonds is 3. The van der Waals surface area contributed by atoms with E-state index in [1.54, 1.807) is 18.6 Å². The molecule has 0 aliphatic heterocycles. The van der Waals surface area contributed by atoms with Gasteiger partial charge in [-0.15, -0.1) is 0 Å². The van der Waals surface area contributed by atoms with Crippen LogP contribution < -0.4 is 0 Å².